The van der Waals surface area contributed by atoms with Gasteiger partial charge in [0, 0.05) is 23.7 Å². The first kappa shape index (κ1) is 27.7. The van der Waals surface area contributed by atoms with E-state index < -0.39 is 43.5 Å². The summed E-state index contributed by atoms with van der Waals surface area (Å²) in [5.41, 5.74) is 2.65. The highest BCUT2D eigenvalue weighted by atomic mass is 16.7. The molecule has 11 nitrogen and oxygen atoms in total. The maximum absolute atomic E-state index is 11.5. The van der Waals surface area contributed by atoms with Gasteiger partial charge in [-0.15, -0.1) is 5.10 Å². The number of aliphatic hydroxyl groups excluding tert-OH is 3. The second kappa shape index (κ2) is 12.4. The van der Waals surface area contributed by atoms with E-state index >= 15 is 0 Å². The first-order valence-corrected chi connectivity index (χ1v) is 12.1. The average Bonchev–Trinajstić information content (AvgIpc) is 3.15. The monoisotopic (exact) mass is 508 g/mol. The molecule has 0 spiro atoms. The SMILES string of the molecule is CCOC(=O)OC[C@H]1OC(Oc2nn(C(C)C)c(C)c2Cc2ccc(OCC)cc2)[C@H](O)[C@@H](O)[C@@H]1O. The Labute approximate surface area is 210 Å². The highest BCUT2D eigenvalue weighted by Gasteiger charge is 2.46. The fourth-order valence-corrected chi connectivity index (χ4v) is 3.97. The molecule has 1 unspecified atom stereocenters. The lowest BCUT2D eigenvalue weighted by atomic mass is 9.99. The molecule has 5 atom stereocenters. The van der Waals surface area contributed by atoms with Gasteiger partial charge in [0.05, 0.1) is 13.2 Å². The Morgan fingerprint density at radius 3 is 2.36 bits per heavy atom. The second-order valence-corrected chi connectivity index (χ2v) is 8.79. The normalized spacial score (nSPS) is 24.0. The minimum absolute atomic E-state index is 0.0387. The summed E-state index contributed by atoms with van der Waals surface area (Å²) in [7, 11) is 0. The summed E-state index contributed by atoms with van der Waals surface area (Å²) >= 11 is 0. The Bertz CT molecular complexity index is 992. The summed E-state index contributed by atoms with van der Waals surface area (Å²) in [6.45, 7) is 9.74. The van der Waals surface area contributed by atoms with E-state index in [-0.39, 0.29) is 18.5 Å². The predicted octanol–water partition coefficient (Wildman–Crippen LogP) is 2.12. The first-order chi connectivity index (χ1) is 17.2. The zero-order valence-electron chi connectivity index (χ0n) is 21.3. The Kier molecular flexibility index (Phi) is 9.55. The van der Waals surface area contributed by atoms with Crippen LogP contribution in [-0.2, 0) is 20.6 Å². The fourth-order valence-electron chi connectivity index (χ4n) is 3.97. The standard InChI is InChI=1S/C25H36N2O9/c1-6-32-17-10-8-16(9-11-17)12-18-15(5)27(14(3)4)26-23(18)36-24-22(30)21(29)20(28)19(35-24)13-34-25(31)33-7-2/h8-11,14,19-22,24,28-30H,6-7,12-13H2,1-5H3/t19-,20-,21+,22-,24?/m1/s1. The van der Waals surface area contributed by atoms with E-state index in [1.54, 1.807) is 11.6 Å². The van der Waals surface area contributed by atoms with Crippen LogP contribution in [-0.4, -0.2) is 81.8 Å². The molecule has 0 aliphatic carbocycles. The number of rotatable bonds is 10. The zero-order valence-corrected chi connectivity index (χ0v) is 21.3. The topological polar surface area (TPSA) is 142 Å². The van der Waals surface area contributed by atoms with Crippen molar-refractivity contribution in [1.29, 1.82) is 0 Å². The molecule has 1 aromatic carbocycles. The van der Waals surface area contributed by atoms with Gasteiger partial charge in [-0.25, -0.2) is 4.79 Å². The van der Waals surface area contributed by atoms with E-state index in [0.717, 1.165) is 22.6 Å². The molecule has 0 radical (unpaired) electrons. The van der Waals surface area contributed by atoms with Crippen LogP contribution < -0.4 is 9.47 Å². The van der Waals surface area contributed by atoms with Crippen molar-refractivity contribution in [2.45, 2.75) is 77.8 Å². The number of aromatic nitrogens is 2. The molecular weight excluding hydrogens is 472 g/mol. The molecule has 1 saturated heterocycles. The largest absolute Gasteiger partial charge is 0.508 e. The van der Waals surface area contributed by atoms with Crippen molar-refractivity contribution < 1.29 is 43.8 Å². The minimum atomic E-state index is -1.60. The summed E-state index contributed by atoms with van der Waals surface area (Å²) in [5.74, 6) is 1.00. The van der Waals surface area contributed by atoms with Gasteiger partial charge >= 0.3 is 6.16 Å². The van der Waals surface area contributed by atoms with E-state index in [9.17, 15) is 20.1 Å². The lowest BCUT2D eigenvalue weighted by Gasteiger charge is -2.39. The van der Waals surface area contributed by atoms with E-state index in [0.29, 0.717) is 13.0 Å². The van der Waals surface area contributed by atoms with Crippen molar-refractivity contribution in [1.82, 2.24) is 9.78 Å². The molecule has 200 valence electrons. The number of benzene rings is 1. The molecule has 1 aliphatic rings. The van der Waals surface area contributed by atoms with Crippen LogP contribution in [0.4, 0.5) is 4.79 Å². The van der Waals surface area contributed by atoms with E-state index in [2.05, 4.69) is 5.10 Å². The van der Waals surface area contributed by atoms with Crippen LogP contribution in [0.1, 0.15) is 50.6 Å². The molecule has 3 rings (SSSR count). The molecule has 1 aliphatic heterocycles. The number of carbonyl (C=O) groups is 1. The van der Waals surface area contributed by atoms with Gasteiger partial charge in [0.25, 0.3) is 0 Å². The van der Waals surface area contributed by atoms with Crippen LogP contribution in [0.25, 0.3) is 0 Å². The summed E-state index contributed by atoms with van der Waals surface area (Å²) < 4.78 is 28.6. The van der Waals surface area contributed by atoms with Gasteiger partial charge in [-0.2, -0.15) is 0 Å². The van der Waals surface area contributed by atoms with Gasteiger partial charge in [-0.05, 0) is 52.3 Å². The highest BCUT2D eigenvalue weighted by Crippen LogP contribution is 2.31. The molecular formula is C25H36N2O9. The molecule has 0 amide bonds. The molecule has 2 heterocycles. The van der Waals surface area contributed by atoms with Gasteiger partial charge in [0.2, 0.25) is 12.2 Å². The quantitative estimate of drug-likeness (QED) is 0.409. The number of nitrogens with zero attached hydrogens (tertiary/aromatic N) is 2. The fraction of sp³-hybridized carbons (Fsp3) is 0.600. The van der Waals surface area contributed by atoms with Crippen molar-refractivity contribution in [2.24, 2.45) is 0 Å². The summed E-state index contributed by atoms with van der Waals surface area (Å²) in [4.78, 5) is 11.5. The third-order valence-corrected chi connectivity index (χ3v) is 5.87. The van der Waals surface area contributed by atoms with E-state index in [4.69, 9.17) is 23.7 Å². The molecule has 1 aromatic heterocycles. The van der Waals surface area contributed by atoms with Crippen LogP contribution in [0, 0.1) is 6.92 Å². The average molecular weight is 509 g/mol. The third-order valence-electron chi connectivity index (χ3n) is 5.87. The highest BCUT2D eigenvalue weighted by molar-refractivity contribution is 5.59. The first-order valence-electron chi connectivity index (χ1n) is 12.1. The Hall–Kier alpha value is -2.86. The number of hydrogen-bond donors (Lipinski definition) is 3. The maximum Gasteiger partial charge on any atom is 0.508 e. The van der Waals surface area contributed by atoms with E-state index in [1.165, 1.54) is 0 Å². The molecule has 2 aromatic rings. The van der Waals surface area contributed by atoms with Crippen LogP contribution in [0.3, 0.4) is 0 Å². The smallest absolute Gasteiger partial charge is 0.494 e. The van der Waals surface area contributed by atoms with Crippen molar-refractivity contribution in [3.05, 3.63) is 41.1 Å². The van der Waals surface area contributed by atoms with Gasteiger partial charge in [-0.3, -0.25) is 4.68 Å². The third kappa shape index (κ3) is 6.47. The van der Waals surface area contributed by atoms with Crippen molar-refractivity contribution in [3.8, 4) is 11.6 Å². The maximum atomic E-state index is 11.5. The van der Waals surface area contributed by atoms with Gasteiger partial charge in [0.15, 0.2) is 0 Å². The molecule has 36 heavy (non-hydrogen) atoms. The van der Waals surface area contributed by atoms with Crippen LogP contribution in [0.5, 0.6) is 11.6 Å². The predicted molar refractivity (Wildman–Crippen MR) is 128 cm³/mol. The van der Waals surface area contributed by atoms with Crippen molar-refractivity contribution >= 4 is 6.16 Å². The minimum Gasteiger partial charge on any atom is -0.494 e. The van der Waals surface area contributed by atoms with Crippen molar-refractivity contribution in [2.75, 3.05) is 19.8 Å². The molecule has 1 fully saturated rings. The molecule has 0 bridgehead atoms. The van der Waals surface area contributed by atoms with Crippen LogP contribution >= 0.6 is 0 Å². The zero-order chi connectivity index (χ0) is 26.4. The molecule has 11 heteroatoms. The molecule has 3 N–H and O–H groups in total. The number of aliphatic hydroxyl groups is 3. The lowest BCUT2D eigenvalue weighted by Crippen LogP contribution is -2.60. The van der Waals surface area contributed by atoms with Gasteiger partial charge in [-0.1, -0.05) is 12.1 Å². The summed E-state index contributed by atoms with van der Waals surface area (Å²) in [5, 5.41) is 35.8. The summed E-state index contributed by atoms with van der Waals surface area (Å²) in [6.07, 6.45) is -7.63. The second-order valence-electron chi connectivity index (χ2n) is 8.79. The molecule has 0 saturated carbocycles. The number of hydrogen-bond acceptors (Lipinski definition) is 10. The number of ether oxygens (including phenoxy) is 5. The van der Waals surface area contributed by atoms with Crippen LogP contribution in [0.2, 0.25) is 0 Å². The summed E-state index contributed by atoms with van der Waals surface area (Å²) in [6, 6.07) is 7.73. The van der Waals surface area contributed by atoms with Gasteiger partial charge < -0.3 is 39.0 Å². The van der Waals surface area contributed by atoms with E-state index in [1.807, 2.05) is 52.0 Å². The Balaban J connectivity index is 1.82. The Morgan fingerprint density at radius 2 is 1.75 bits per heavy atom. The number of carbonyl (C=O) groups excluding carboxylic acids is 1. The van der Waals surface area contributed by atoms with Crippen LogP contribution in [0.15, 0.2) is 24.3 Å². The lowest BCUT2D eigenvalue weighted by molar-refractivity contribution is -0.278. The van der Waals surface area contributed by atoms with Crippen molar-refractivity contribution in [3.63, 3.8) is 0 Å². The van der Waals surface area contributed by atoms with Gasteiger partial charge in [0.1, 0.15) is 36.8 Å². The Morgan fingerprint density at radius 1 is 1.06 bits per heavy atom.